The number of allylic oxidation sites excluding steroid dienone is 3. The minimum atomic E-state index is -4.33. The molecule has 0 saturated heterocycles. The molecule has 1 heterocycles. The Labute approximate surface area is 139 Å². The van der Waals surface area contributed by atoms with Crippen molar-refractivity contribution in [2.24, 2.45) is 17.6 Å². The van der Waals surface area contributed by atoms with Gasteiger partial charge in [-0.2, -0.15) is 13.2 Å². The number of benzene rings is 1. The van der Waals surface area contributed by atoms with Gasteiger partial charge in [0.05, 0.1) is 11.6 Å². The van der Waals surface area contributed by atoms with Crippen LogP contribution in [0.2, 0.25) is 0 Å². The van der Waals surface area contributed by atoms with Crippen LogP contribution < -0.4 is 5.73 Å². The Bertz CT molecular complexity index is 706. The van der Waals surface area contributed by atoms with Crippen LogP contribution in [-0.4, -0.2) is 23.6 Å². The fraction of sp³-hybridized carbons (Fsp3) is 0.389. The molecule has 1 aliphatic heterocycles. The molecule has 0 radical (unpaired) electrons. The van der Waals surface area contributed by atoms with Crippen LogP contribution in [0.15, 0.2) is 48.1 Å². The first-order valence-electron chi connectivity index (χ1n) is 7.94. The third-order valence-electron chi connectivity index (χ3n) is 4.88. The Balaban J connectivity index is 1.99. The van der Waals surface area contributed by atoms with Crippen LogP contribution in [0, 0.1) is 17.2 Å². The van der Waals surface area contributed by atoms with Crippen molar-refractivity contribution in [3.05, 3.63) is 59.2 Å². The second kappa shape index (κ2) is 6.00. The van der Waals surface area contributed by atoms with Crippen LogP contribution in [0.4, 0.5) is 13.2 Å². The van der Waals surface area contributed by atoms with Gasteiger partial charge in [0.1, 0.15) is 0 Å². The van der Waals surface area contributed by atoms with Gasteiger partial charge in [0.2, 0.25) is 0 Å². The van der Waals surface area contributed by atoms with Gasteiger partial charge < -0.3 is 10.6 Å². The summed E-state index contributed by atoms with van der Waals surface area (Å²) in [5.74, 6) is -0.508. The molecule has 3 atom stereocenters. The number of rotatable bonds is 1. The van der Waals surface area contributed by atoms with Gasteiger partial charge in [-0.05, 0) is 23.5 Å². The van der Waals surface area contributed by atoms with Crippen molar-refractivity contribution in [3.8, 4) is 0 Å². The van der Waals surface area contributed by atoms with Gasteiger partial charge in [-0.15, -0.1) is 0 Å². The van der Waals surface area contributed by atoms with Crippen LogP contribution in [-0.2, 0) is 6.42 Å². The van der Waals surface area contributed by atoms with Gasteiger partial charge in [-0.3, -0.25) is 5.41 Å². The Morgan fingerprint density at radius 2 is 2.00 bits per heavy atom. The van der Waals surface area contributed by atoms with E-state index < -0.39 is 11.7 Å². The second-order valence-corrected chi connectivity index (χ2v) is 6.39. The van der Waals surface area contributed by atoms with Crippen molar-refractivity contribution in [2.75, 3.05) is 6.54 Å². The van der Waals surface area contributed by atoms with Gasteiger partial charge in [0, 0.05) is 12.5 Å². The van der Waals surface area contributed by atoms with Gasteiger partial charge in [-0.1, -0.05) is 49.4 Å². The third-order valence-corrected chi connectivity index (χ3v) is 4.88. The van der Waals surface area contributed by atoms with Crippen molar-refractivity contribution in [3.63, 3.8) is 0 Å². The molecule has 6 heteroatoms. The first-order valence-corrected chi connectivity index (χ1v) is 7.94. The van der Waals surface area contributed by atoms with E-state index in [2.05, 4.69) is 0 Å². The maximum absolute atomic E-state index is 12.9. The number of fused-ring (bicyclic) bond motifs is 1. The molecule has 3 nitrogen and oxygen atoms in total. The molecule has 3 N–H and O–H groups in total. The van der Waals surface area contributed by atoms with Crippen molar-refractivity contribution in [1.82, 2.24) is 4.90 Å². The quantitative estimate of drug-likeness (QED) is 0.606. The van der Waals surface area contributed by atoms with Gasteiger partial charge in [0.15, 0.2) is 5.96 Å². The first kappa shape index (κ1) is 16.6. The van der Waals surface area contributed by atoms with Gasteiger partial charge >= 0.3 is 6.18 Å². The predicted molar refractivity (Wildman–Crippen MR) is 87.4 cm³/mol. The highest BCUT2D eigenvalue weighted by atomic mass is 19.4. The average molecular weight is 335 g/mol. The van der Waals surface area contributed by atoms with E-state index in [0.717, 1.165) is 18.1 Å². The molecule has 1 aromatic carbocycles. The van der Waals surface area contributed by atoms with Crippen molar-refractivity contribution in [2.45, 2.75) is 25.6 Å². The van der Waals surface area contributed by atoms with E-state index in [1.165, 1.54) is 11.6 Å². The van der Waals surface area contributed by atoms with Crippen molar-refractivity contribution < 1.29 is 13.2 Å². The maximum Gasteiger partial charge on any atom is 0.416 e. The van der Waals surface area contributed by atoms with Crippen molar-refractivity contribution in [1.29, 1.82) is 5.41 Å². The lowest BCUT2D eigenvalue weighted by atomic mass is 9.76. The normalized spacial score (nSPS) is 26.8. The second-order valence-electron chi connectivity index (χ2n) is 6.39. The number of guanidine groups is 1. The fourth-order valence-corrected chi connectivity index (χ4v) is 3.71. The standard InChI is InChI=1S/C18H20F3N3/c1-11-10-13(18(19,20)21)6-7-14(11)16-15-5-3-2-4-12(15)8-9-24(16)17(22)23/h2-7,10-11,14,16H,8-9H2,1H3,(H3,22,23). The molecule has 0 bridgehead atoms. The summed E-state index contributed by atoms with van der Waals surface area (Å²) in [6.45, 7) is 2.39. The van der Waals surface area contributed by atoms with E-state index >= 15 is 0 Å². The molecule has 0 saturated carbocycles. The van der Waals surface area contributed by atoms with Crippen LogP contribution in [0.3, 0.4) is 0 Å². The Morgan fingerprint density at radius 1 is 1.29 bits per heavy atom. The number of nitrogens with two attached hydrogens (primary N) is 1. The van der Waals surface area contributed by atoms with Crippen LogP contribution >= 0.6 is 0 Å². The van der Waals surface area contributed by atoms with E-state index in [1.54, 1.807) is 17.9 Å². The molecular formula is C18H20F3N3. The summed E-state index contributed by atoms with van der Waals surface area (Å²) in [6.07, 6.45) is 0.498. The Hall–Kier alpha value is -2.24. The molecule has 2 aliphatic rings. The fourth-order valence-electron chi connectivity index (χ4n) is 3.71. The molecule has 3 unspecified atom stereocenters. The number of halogens is 3. The summed E-state index contributed by atoms with van der Waals surface area (Å²) in [5.41, 5.74) is 7.36. The molecule has 0 spiro atoms. The number of hydrogen-bond acceptors (Lipinski definition) is 1. The number of nitrogens with zero attached hydrogens (tertiary/aromatic N) is 1. The third kappa shape index (κ3) is 2.92. The van der Waals surface area contributed by atoms with E-state index in [9.17, 15) is 13.2 Å². The largest absolute Gasteiger partial charge is 0.416 e. The van der Waals surface area contributed by atoms with Gasteiger partial charge in [0.25, 0.3) is 0 Å². The highest BCUT2D eigenvalue weighted by molar-refractivity contribution is 5.75. The summed E-state index contributed by atoms with van der Waals surface area (Å²) < 4.78 is 38.8. The summed E-state index contributed by atoms with van der Waals surface area (Å²) >= 11 is 0. The molecule has 128 valence electrons. The maximum atomic E-state index is 12.9. The minimum Gasteiger partial charge on any atom is -0.370 e. The summed E-state index contributed by atoms with van der Waals surface area (Å²) in [5, 5.41) is 7.87. The Morgan fingerprint density at radius 3 is 2.62 bits per heavy atom. The molecule has 0 fully saturated rings. The zero-order valence-corrected chi connectivity index (χ0v) is 13.3. The Kier molecular flexibility index (Phi) is 4.15. The zero-order chi connectivity index (χ0) is 17.5. The van der Waals surface area contributed by atoms with Crippen LogP contribution in [0.5, 0.6) is 0 Å². The molecule has 1 aromatic rings. The highest BCUT2D eigenvalue weighted by Crippen LogP contribution is 2.43. The lowest BCUT2D eigenvalue weighted by Crippen LogP contribution is -2.47. The number of nitrogens with one attached hydrogen (secondary N) is 1. The molecule has 3 rings (SSSR count). The number of hydrogen-bond donors (Lipinski definition) is 2. The highest BCUT2D eigenvalue weighted by Gasteiger charge is 2.40. The van der Waals surface area contributed by atoms with Crippen molar-refractivity contribution >= 4 is 5.96 Å². The molecule has 24 heavy (non-hydrogen) atoms. The first-order chi connectivity index (χ1) is 11.3. The number of alkyl halides is 3. The van der Waals surface area contributed by atoms with E-state index in [4.69, 9.17) is 11.1 Å². The van der Waals surface area contributed by atoms with E-state index in [1.807, 2.05) is 24.3 Å². The topological polar surface area (TPSA) is 53.1 Å². The molecular weight excluding hydrogens is 315 g/mol. The molecule has 0 aromatic heterocycles. The molecule has 0 amide bonds. The molecule has 1 aliphatic carbocycles. The monoisotopic (exact) mass is 335 g/mol. The van der Waals surface area contributed by atoms with E-state index in [0.29, 0.717) is 6.54 Å². The average Bonchev–Trinajstić information content (AvgIpc) is 2.53. The minimum absolute atomic E-state index is 0.0410. The predicted octanol–water partition coefficient (Wildman–Crippen LogP) is 3.79. The van der Waals surface area contributed by atoms with Crippen LogP contribution in [0.1, 0.15) is 24.1 Å². The van der Waals surface area contributed by atoms with Crippen LogP contribution in [0.25, 0.3) is 0 Å². The lowest BCUT2D eigenvalue weighted by molar-refractivity contribution is -0.0892. The lowest BCUT2D eigenvalue weighted by Gasteiger charge is -2.43. The van der Waals surface area contributed by atoms with Gasteiger partial charge in [-0.25, -0.2) is 0 Å². The summed E-state index contributed by atoms with van der Waals surface area (Å²) in [6, 6.07) is 7.68. The smallest absolute Gasteiger partial charge is 0.370 e. The SMILES string of the molecule is CC1C=C(C(F)(F)F)C=CC1C1c2ccccc2CCN1C(=N)N. The summed E-state index contributed by atoms with van der Waals surface area (Å²) in [4.78, 5) is 1.79. The van der Waals surface area contributed by atoms with E-state index in [-0.39, 0.29) is 23.8 Å². The zero-order valence-electron chi connectivity index (χ0n) is 13.3. The summed E-state index contributed by atoms with van der Waals surface area (Å²) in [7, 11) is 0.